The van der Waals surface area contributed by atoms with Gasteiger partial charge in [0, 0.05) is 5.69 Å². The molecule has 0 fully saturated rings. The van der Waals surface area contributed by atoms with Crippen molar-refractivity contribution in [3.63, 3.8) is 0 Å². The number of carbonyl (C=O) groups is 1. The third kappa shape index (κ3) is 3.53. The lowest BCUT2D eigenvalue weighted by atomic mass is 10.3. The lowest BCUT2D eigenvalue weighted by Crippen LogP contribution is -2.07. The average Bonchev–Trinajstić information content (AvgIpc) is 2.17. The summed E-state index contributed by atoms with van der Waals surface area (Å²) in [7, 11) is 0. The van der Waals surface area contributed by atoms with Crippen molar-refractivity contribution < 1.29 is 14.6 Å². The Labute approximate surface area is 88.1 Å². The maximum Gasteiger partial charge on any atom is 0.354 e. The molecule has 0 atom stereocenters. The van der Waals surface area contributed by atoms with Crippen molar-refractivity contribution in [2.75, 3.05) is 6.61 Å². The van der Waals surface area contributed by atoms with E-state index in [1.165, 1.54) is 6.07 Å². The Morgan fingerprint density at radius 2 is 2.27 bits per heavy atom. The van der Waals surface area contributed by atoms with Crippen LogP contribution in [-0.4, -0.2) is 27.7 Å². The van der Waals surface area contributed by atoms with Gasteiger partial charge in [0.2, 0.25) is 0 Å². The van der Waals surface area contributed by atoms with Crippen LogP contribution >= 0.6 is 0 Å². The predicted molar refractivity (Wildman–Crippen MR) is 54.1 cm³/mol. The van der Waals surface area contributed by atoms with E-state index in [1.54, 1.807) is 6.92 Å². The zero-order valence-electron chi connectivity index (χ0n) is 8.86. The summed E-state index contributed by atoms with van der Waals surface area (Å²) in [6.45, 7) is 4.27. The van der Waals surface area contributed by atoms with E-state index in [0.717, 1.165) is 12.8 Å². The van der Waals surface area contributed by atoms with E-state index >= 15 is 0 Å². The number of rotatable bonds is 5. The van der Waals surface area contributed by atoms with E-state index in [4.69, 9.17) is 9.84 Å². The summed E-state index contributed by atoms with van der Waals surface area (Å²) in [4.78, 5) is 18.5. The van der Waals surface area contributed by atoms with Gasteiger partial charge in [-0.2, -0.15) is 4.98 Å². The molecule has 1 aromatic heterocycles. The highest BCUT2D eigenvalue weighted by atomic mass is 16.5. The molecule has 0 spiro atoms. The molecular weight excluding hydrogens is 196 g/mol. The fraction of sp³-hybridized carbons (Fsp3) is 0.500. The van der Waals surface area contributed by atoms with Gasteiger partial charge in [-0.05, 0) is 19.4 Å². The first-order valence-electron chi connectivity index (χ1n) is 4.85. The van der Waals surface area contributed by atoms with Crippen LogP contribution in [-0.2, 0) is 0 Å². The number of carboxylic acid groups (broad SMARTS) is 1. The molecule has 0 unspecified atom stereocenters. The number of aromatic nitrogens is 2. The summed E-state index contributed by atoms with van der Waals surface area (Å²) >= 11 is 0. The average molecular weight is 210 g/mol. The molecule has 1 N–H and O–H groups in total. The van der Waals surface area contributed by atoms with Crippen molar-refractivity contribution >= 4 is 5.97 Å². The minimum absolute atomic E-state index is 0.0333. The second-order valence-electron chi connectivity index (χ2n) is 3.18. The largest absolute Gasteiger partial charge is 0.477 e. The van der Waals surface area contributed by atoms with Crippen LogP contribution in [0.1, 0.15) is 35.9 Å². The normalized spacial score (nSPS) is 10.0. The second kappa shape index (κ2) is 5.29. The minimum atomic E-state index is -1.07. The van der Waals surface area contributed by atoms with Gasteiger partial charge in [0.25, 0.3) is 0 Å². The van der Waals surface area contributed by atoms with Crippen LogP contribution in [0.2, 0.25) is 0 Å². The molecule has 0 aliphatic carbocycles. The third-order valence-electron chi connectivity index (χ3n) is 1.78. The van der Waals surface area contributed by atoms with Gasteiger partial charge in [0.15, 0.2) is 5.69 Å². The Morgan fingerprint density at radius 3 is 2.87 bits per heavy atom. The Kier molecular flexibility index (Phi) is 4.03. The van der Waals surface area contributed by atoms with Crippen LogP contribution in [0.5, 0.6) is 6.01 Å². The molecule has 1 aromatic rings. The molecule has 0 saturated carbocycles. The predicted octanol–water partition coefficient (Wildman–Crippen LogP) is 1.66. The zero-order chi connectivity index (χ0) is 11.3. The van der Waals surface area contributed by atoms with Gasteiger partial charge in [-0.3, -0.25) is 0 Å². The van der Waals surface area contributed by atoms with Crippen molar-refractivity contribution in [2.45, 2.75) is 26.7 Å². The summed E-state index contributed by atoms with van der Waals surface area (Å²) in [5, 5.41) is 8.76. The van der Waals surface area contributed by atoms with Gasteiger partial charge in [0.05, 0.1) is 6.61 Å². The number of nitrogens with zero attached hydrogens (tertiary/aromatic N) is 2. The first kappa shape index (κ1) is 11.4. The van der Waals surface area contributed by atoms with Crippen LogP contribution in [0.25, 0.3) is 0 Å². The van der Waals surface area contributed by atoms with Crippen molar-refractivity contribution in [3.05, 3.63) is 17.5 Å². The first-order chi connectivity index (χ1) is 7.13. The van der Waals surface area contributed by atoms with Crippen LogP contribution in [0.15, 0.2) is 6.07 Å². The van der Waals surface area contributed by atoms with Crippen molar-refractivity contribution in [3.8, 4) is 6.01 Å². The van der Waals surface area contributed by atoms with Crippen molar-refractivity contribution in [1.29, 1.82) is 0 Å². The van der Waals surface area contributed by atoms with E-state index in [0.29, 0.717) is 12.3 Å². The van der Waals surface area contributed by atoms with E-state index in [2.05, 4.69) is 9.97 Å². The molecule has 0 aliphatic rings. The smallest absolute Gasteiger partial charge is 0.354 e. The second-order valence-corrected chi connectivity index (χ2v) is 3.18. The van der Waals surface area contributed by atoms with E-state index in [-0.39, 0.29) is 11.7 Å². The van der Waals surface area contributed by atoms with Crippen molar-refractivity contribution in [2.24, 2.45) is 0 Å². The summed E-state index contributed by atoms with van der Waals surface area (Å²) in [6.07, 6.45) is 1.91. The number of carboxylic acids is 1. The number of unbranched alkanes of at least 4 members (excludes halogenated alkanes) is 1. The highest BCUT2D eigenvalue weighted by Gasteiger charge is 2.08. The maximum atomic E-state index is 10.7. The Balaban J connectivity index is 2.75. The van der Waals surface area contributed by atoms with Gasteiger partial charge in [-0.25, -0.2) is 9.78 Å². The standard InChI is InChI=1S/C10H14N2O3/c1-3-4-5-15-10-11-7(2)6-8(12-10)9(13)14/h6H,3-5H2,1-2H3,(H,13,14). The van der Waals surface area contributed by atoms with Crippen LogP contribution < -0.4 is 4.74 Å². The third-order valence-corrected chi connectivity index (χ3v) is 1.78. The molecule has 82 valence electrons. The van der Waals surface area contributed by atoms with E-state index in [1.807, 2.05) is 6.92 Å². The fourth-order valence-corrected chi connectivity index (χ4v) is 1.02. The Morgan fingerprint density at radius 1 is 1.53 bits per heavy atom. The van der Waals surface area contributed by atoms with Gasteiger partial charge < -0.3 is 9.84 Å². The molecule has 5 nitrogen and oxygen atoms in total. The Bertz CT molecular complexity index is 353. The number of ether oxygens (including phenoxy) is 1. The van der Waals surface area contributed by atoms with Crippen LogP contribution in [0.3, 0.4) is 0 Å². The summed E-state index contributed by atoms with van der Waals surface area (Å²) in [5.74, 6) is -1.07. The molecule has 0 amide bonds. The molecule has 5 heteroatoms. The molecule has 0 aromatic carbocycles. The zero-order valence-corrected chi connectivity index (χ0v) is 8.86. The number of hydrogen-bond donors (Lipinski definition) is 1. The topological polar surface area (TPSA) is 72.3 Å². The summed E-state index contributed by atoms with van der Waals surface area (Å²) in [6, 6.07) is 1.55. The molecule has 0 saturated heterocycles. The fourth-order valence-electron chi connectivity index (χ4n) is 1.02. The van der Waals surface area contributed by atoms with Crippen molar-refractivity contribution in [1.82, 2.24) is 9.97 Å². The summed E-state index contributed by atoms with van der Waals surface area (Å²) in [5.41, 5.74) is 0.558. The highest BCUT2D eigenvalue weighted by molar-refractivity contribution is 5.85. The monoisotopic (exact) mass is 210 g/mol. The Hall–Kier alpha value is -1.65. The highest BCUT2D eigenvalue weighted by Crippen LogP contribution is 2.07. The van der Waals surface area contributed by atoms with Gasteiger partial charge in [-0.1, -0.05) is 13.3 Å². The number of aromatic carboxylic acids is 1. The number of hydrogen-bond acceptors (Lipinski definition) is 4. The van der Waals surface area contributed by atoms with Gasteiger partial charge in [0.1, 0.15) is 0 Å². The maximum absolute atomic E-state index is 10.7. The molecule has 15 heavy (non-hydrogen) atoms. The van der Waals surface area contributed by atoms with E-state index < -0.39 is 5.97 Å². The lowest BCUT2D eigenvalue weighted by molar-refractivity contribution is 0.0688. The molecular formula is C10H14N2O3. The molecule has 1 rings (SSSR count). The quantitative estimate of drug-likeness (QED) is 0.748. The van der Waals surface area contributed by atoms with Crippen LogP contribution in [0, 0.1) is 6.92 Å². The molecule has 0 aliphatic heterocycles. The van der Waals surface area contributed by atoms with Gasteiger partial charge in [-0.15, -0.1) is 0 Å². The van der Waals surface area contributed by atoms with Crippen LogP contribution in [0.4, 0.5) is 0 Å². The first-order valence-corrected chi connectivity index (χ1v) is 4.85. The van der Waals surface area contributed by atoms with Gasteiger partial charge >= 0.3 is 12.0 Å². The minimum Gasteiger partial charge on any atom is -0.477 e. The number of aryl methyl sites for hydroxylation is 1. The molecule has 0 radical (unpaired) electrons. The van der Waals surface area contributed by atoms with E-state index in [9.17, 15) is 4.79 Å². The molecule has 0 bridgehead atoms. The lowest BCUT2D eigenvalue weighted by Gasteiger charge is -2.04. The summed E-state index contributed by atoms with van der Waals surface area (Å²) < 4.78 is 5.23. The molecule has 1 heterocycles. The SMILES string of the molecule is CCCCOc1nc(C)cc(C(=O)O)n1.